The van der Waals surface area contributed by atoms with Gasteiger partial charge in [-0.05, 0) is 25.5 Å². The highest BCUT2D eigenvalue weighted by Gasteiger charge is 2.17. The fraction of sp³-hybridized carbons (Fsp3) is 0.455. The molecule has 0 aliphatic rings. The molecule has 4 heteroatoms. The van der Waals surface area contributed by atoms with Crippen LogP contribution in [0.5, 0.6) is 5.75 Å². The van der Waals surface area contributed by atoms with E-state index in [9.17, 15) is 13.5 Å². The molecule has 0 fully saturated rings. The van der Waals surface area contributed by atoms with E-state index >= 15 is 0 Å². The van der Waals surface area contributed by atoms with Crippen molar-refractivity contribution in [3.8, 4) is 5.75 Å². The molecule has 0 saturated carbocycles. The van der Waals surface area contributed by atoms with Gasteiger partial charge in [0.05, 0.1) is 10.6 Å². The predicted molar refractivity (Wildman–Crippen MR) is 59.8 cm³/mol. The Balaban J connectivity index is 3.10. The standard InChI is InChI=1S/C11H16O3S/c1-3-4-8-15(13,14)11-7-5-6-10(12)9(11)2/h5-7,12H,3-4,8H2,1-2H3. The maximum absolute atomic E-state index is 11.9. The Bertz CT molecular complexity index is 435. The van der Waals surface area contributed by atoms with Crippen LogP contribution in [0, 0.1) is 6.92 Å². The van der Waals surface area contributed by atoms with Gasteiger partial charge in [-0.25, -0.2) is 8.42 Å². The van der Waals surface area contributed by atoms with Gasteiger partial charge in [-0.1, -0.05) is 19.4 Å². The summed E-state index contributed by atoms with van der Waals surface area (Å²) in [6, 6.07) is 4.59. The SMILES string of the molecule is CCCCS(=O)(=O)c1cccc(O)c1C. The maximum atomic E-state index is 11.9. The van der Waals surface area contributed by atoms with E-state index in [0.29, 0.717) is 12.0 Å². The zero-order valence-corrected chi connectivity index (χ0v) is 9.84. The van der Waals surface area contributed by atoms with Crippen molar-refractivity contribution in [1.82, 2.24) is 0 Å². The molecular weight excluding hydrogens is 212 g/mol. The Hall–Kier alpha value is -1.03. The van der Waals surface area contributed by atoms with Crippen molar-refractivity contribution < 1.29 is 13.5 Å². The first-order chi connectivity index (χ1) is 6.99. The Morgan fingerprint density at radius 2 is 2.00 bits per heavy atom. The van der Waals surface area contributed by atoms with Crippen LogP contribution in [-0.4, -0.2) is 19.3 Å². The second-order valence-corrected chi connectivity index (χ2v) is 5.65. The van der Waals surface area contributed by atoms with Gasteiger partial charge in [0.1, 0.15) is 5.75 Å². The molecule has 1 aromatic rings. The third-order valence-corrected chi connectivity index (χ3v) is 4.30. The summed E-state index contributed by atoms with van der Waals surface area (Å²) >= 11 is 0. The molecule has 84 valence electrons. The molecule has 0 atom stereocenters. The van der Waals surface area contributed by atoms with Crippen molar-refractivity contribution in [1.29, 1.82) is 0 Å². The van der Waals surface area contributed by atoms with Crippen LogP contribution in [0.4, 0.5) is 0 Å². The first-order valence-electron chi connectivity index (χ1n) is 5.00. The highest BCUT2D eigenvalue weighted by atomic mass is 32.2. The molecule has 1 N–H and O–H groups in total. The van der Waals surface area contributed by atoms with Gasteiger partial charge in [-0.2, -0.15) is 0 Å². The van der Waals surface area contributed by atoms with Crippen LogP contribution >= 0.6 is 0 Å². The molecule has 0 aliphatic carbocycles. The predicted octanol–water partition coefficient (Wildman–Crippen LogP) is 2.27. The van der Waals surface area contributed by atoms with Crippen molar-refractivity contribution in [2.24, 2.45) is 0 Å². The summed E-state index contributed by atoms with van der Waals surface area (Å²) in [4.78, 5) is 0.246. The molecule has 0 amide bonds. The zero-order chi connectivity index (χ0) is 11.5. The largest absolute Gasteiger partial charge is 0.508 e. The van der Waals surface area contributed by atoms with E-state index in [4.69, 9.17) is 0 Å². The minimum atomic E-state index is -3.24. The van der Waals surface area contributed by atoms with Gasteiger partial charge >= 0.3 is 0 Å². The van der Waals surface area contributed by atoms with E-state index < -0.39 is 9.84 Å². The van der Waals surface area contributed by atoms with Crippen LogP contribution in [0.25, 0.3) is 0 Å². The number of phenolic OH excluding ortho intramolecular Hbond substituents is 1. The number of benzene rings is 1. The summed E-state index contributed by atoms with van der Waals surface area (Å²) in [7, 11) is -3.24. The lowest BCUT2D eigenvalue weighted by molar-refractivity contribution is 0.468. The number of hydrogen-bond donors (Lipinski definition) is 1. The van der Waals surface area contributed by atoms with E-state index in [0.717, 1.165) is 6.42 Å². The highest BCUT2D eigenvalue weighted by Crippen LogP contribution is 2.24. The highest BCUT2D eigenvalue weighted by molar-refractivity contribution is 7.91. The number of unbranched alkanes of at least 4 members (excludes halogenated alkanes) is 1. The summed E-state index contributed by atoms with van der Waals surface area (Å²) < 4.78 is 23.7. The average Bonchev–Trinajstić information content (AvgIpc) is 2.19. The lowest BCUT2D eigenvalue weighted by Gasteiger charge is -2.08. The fourth-order valence-corrected chi connectivity index (χ4v) is 3.13. The molecule has 0 spiro atoms. The van der Waals surface area contributed by atoms with E-state index in [-0.39, 0.29) is 16.4 Å². The smallest absolute Gasteiger partial charge is 0.178 e. The Labute approximate surface area is 90.7 Å². The molecule has 0 aromatic heterocycles. The Kier molecular flexibility index (Phi) is 3.74. The minimum Gasteiger partial charge on any atom is -0.508 e. The minimum absolute atomic E-state index is 0.0348. The first-order valence-corrected chi connectivity index (χ1v) is 6.65. The van der Waals surface area contributed by atoms with E-state index in [1.807, 2.05) is 6.92 Å². The van der Waals surface area contributed by atoms with Crippen molar-refractivity contribution in [3.05, 3.63) is 23.8 Å². The zero-order valence-electron chi connectivity index (χ0n) is 9.03. The Morgan fingerprint density at radius 3 is 2.60 bits per heavy atom. The van der Waals surface area contributed by atoms with Crippen molar-refractivity contribution in [3.63, 3.8) is 0 Å². The van der Waals surface area contributed by atoms with Gasteiger partial charge in [-0.15, -0.1) is 0 Å². The summed E-state index contributed by atoms with van der Waals surface area (Å²) in [5, 5.41) is 9.42. The van der Waals surface area contributed by atoms with Gasteiger partial charge in [0.2, 0.25) is 0 Å². The molecule has 15 heavy (non-hydrogen) atoms. The topological polar surface area (TPSA) is 54.4 Å². The molecule has 0 bridgehead atoms. The molecule has 0 heterocycles. The van der Waals surface area contributed by atoms with Crippen molar-refractivity contribution in [2.75, 3.05) is 5.75 Å². The number of aromatic hydroxyl groups is 1. The number of phenols is 1. The second kappa shape index (κ2) is 4.66. The number of hydrogen-bond acceptors (Lipinski definition) is 3. The maximum Gasteiger partial charge on any atom is 0.178 e. The van der Waals surface area contributed by atoms with Gasteiger partial charge in [-0.3, -0.25) is 0 Å². The van der Waals surface area contributed by atoms with Crippen LogP contribution in [-0.2, 0) is 9.84 Å². The lowest BCUT2D eigenvalue weighted by atomic mass is 10.2. The molecule has 0 radical (unpaired) electrons. The third kappa shape index (κ3) is 2.72. The molecule has 1 rings (SSSR count). The van der Waals surface area contributed by atoms with E-state index in [2.05, 4.69) is 0 Å². The van der Waals surface area contributed by atoms with Gasteiger partial charge in [0.25, 0.3) is 0 Å². The monoisotopic (exact) mass is 228 g/mol. The lowest BCUT2D eigenvalue weighted by Crippen LogP contribution is -2.08. The molecule has 0 unspecified atom stereocenters. The van der Waals surface area contributed by atoms with E-state index in [1.165, 1.54) is 6.07 Å². The molecule has 1 aromatic carbocycles. The summed E-state index contributed by atoms with van der Waals surface area (Å²) in [5.41, 5.74) is 0.439. The fourth-order valence-electron chi connectivity index (χ4n) is 1.38. The van der Waals surface area contributed by atoms with Crippen LogP contribution in [0.3, 0.4) is 0 Å². The van der Waals surface area contributed by atoms with Crippen LogP contribution < -0.4 is 0 Å². The molecular formula is C11H16O3S. The molecule has 3 nitrogen and oxygen atoms in total. The normalized spacial score (nSPS) is 11.6. The van der Waals surface area contributed by atoms with Gasteiger partial charge in [0, 0.05) is 5.56 Å². The van der Waals surface area contributed by atoms with E-state index in [1.54, 1.807) is 19.1 Å². The summed E-state index contributed by atoms with van der Waals surface area (Å²) in [5.74, 6) is 0.181. The molecule has 0 aliphatic heterocycles. The quantitative estimate of drug-likeness (QED) is 0.860. The van der Waals surface area contributed by atoms with Gasteiger partial charge in [0.15, 0.2) is 9.84 Å². The number of sulfone groups is 1. The summed E-state index contributed by atoms with van der Waals surface area (Å²) in [6.45, 7) is 3.57. The Morgan fingerprint density at radius 1 is 1.33 bits per heavy atom. The first kappa shape index (κ1) is 12.0. The van der Waals surface area contributed by atoms with Crippen LogP contribution in [0.1, 0.15) is 25.3 Å². The third-order valence-electron chi connectivity index (χ3n) is 2.36. The second-order valence-electron chi connectivity index (χ2n) is 3.57. The molecule has 0 saturated heterocycles. The van der Waals surface area contributed by atoms with Gasteiger partial charge < -0.3 is 5.11 Å². The van der Waals surface area contributed by atoms with Crippen molar-refractivity contribution >= 4 is 9.84 Å². The summed E-state index contributed by atoms with van der Waals surface area (Å²) in [6.07, 6.45) is 1.49. The van der Waals surface area contributed by atoms with Crippen LogP contribution in [0.2, 0.25) is 0 Å². The number of rotatable bonds is 4. The van der Waals surface area contributed by atoms with Crippen LogP contribution in [0.15, 0.2) is 23.1 Å². The average molecular weight is 228 g/mol. The van der Waals surface area contributed by atoms with Crippen molar-refractivity contribution in [2.45, 2.75) is 31.6 Å².